The number of thiophene rings is 1. The minimum atomic E-state index is -0.514. The van der Waals surface area contributed by atoms with E-state index in [0.29, 0.717) is 12.5 Å². The fourth-order valence-electron chi connectivity index (χ4n) is 5.28. The Labute approximate surface area is 211 Å². The number of aryl methyl sites for hydroxylation is 1. The molecule has 0 spiro atoms. The molecule has 1 N–H and O–H groups in total. The van der Waals surface area contributed by atoms with Crippen LogP contribution in [0.15, 0.2) is 59.2 Å². The molecule has 2 aromatic carbocycles. The minimum Gasteiger partial charge on any atom is -0.490 e. The van der Waals surface area contributed by atoms with Gasteiger partial charge in [0.25, 0.3) is 0 Å². The van der Waals surface area contributed by atoms with Crippen LogP contribution < -0.4 is 4.74 Å². The summed E-state index contributed by atoms with van der Waals surface area (Å²) in [6.07, 6.45) is 5.79. The second-order valence-corrected chi connectivity index (χ2v) is 11.1. The molecule has 6 heteroatoms. The summed E-state index contributed by atoms with van der Waals surface area (Å²) in [4.78, 5) is 6.26. The van der Waals surface area contributed by atoms with Gasteiger partial charge in [-0.15, -0.1) is 11.3 Å². The van der Waals surface area contributed by atoms with Gasteiger partial charge >= 0.3 is 0 Å². The summed E-state index contributed by atoms with van der Waals surface area (Å²) in [5, 5.41) is 13.1. The number of β-amino-alcohol motifs (C(OH)–C–C–N with tert-alkyl or cyclic N) is 1. The number of furan rings is 1. The summed E-state index contributed by atoms with van der Waals surface area (Å²) < 4.78 is 12.8. The lowest BCUT2D eigenvalue weighted by molar-refractivity contribution is 0.0600. The number of hydrogen-bond donors (Lipinski definition) is 1. The van der Waals surface area contributed by atoms with E-state index >= 15 is 0 Å². The van der Waals surface area contributed by atoms with Gasteiger partial charge < -0.3 is 24.1 Å². The number of likely N-dealkylation sites (tertiary alicyclic amines) is 1. The Morgan fingerprint density at radius 2 is 1.91 bits per heavy atom. The average Bonchev–Trinajstić information content (AvgIpc) is 3.48. The molecular formula is C29H36N2O3S. The Kier molecular flexibility index (Phi) is 7.73. The molecule has 1 aliphatic heterocycles. The van der Waals surface area contributed by atoms with E-state index < -0.39 is 6.10 Å². The van der Waals surface area contributed by atoms with Crippen molar-refractivity contribution in [3.05, 3.63) is 65.2 Å². The first kappa shape index (κ1) is 24.3. The van der Waals surface area contributed by atoms with Gasteiger partial charge in [-0.25, -0.2) is 0 Å². The number of aliphatic hydroxyl groups excluding tert-OH is 1. The molecule has 5 nitrogen and oxygen atoms in total. The zero-order valence-electron chi connectivity index (χ0n) is 20.8. The predicted molar refractivity (Wildman–Crippen MR) is 145 cm³/mol. The molecule has 0 saturated carbocycles. The summed E-state index contributed by atoms with van der Waals surface area (Å²) in [6.45, 7) is 4.10. The summed E-state index contributed by atoms with van der Waals surface area (Å²) >= 11 is 2.00. The first-order valence-corrected chi connectivity index (χ1v) is 13.5. The van der Waals surface area contributed by atoms with E-state index in [1.54, 1.807) is 16.7 Å². The Bertz CT molecular complexity index is 1240. The number of hydrogen-bond acceptors (Lipinski definition) is 6. The van der Waals surface area contributed by atoms with Gasteiger partial charge in [-0.1, -0.05) is 24.3 Å². The molecule has 35 heavy (non-hydrogen) atoms. The van der Waals surface area contributed by atoms with Crippen LogP contribution >= 0.6 is 11.3 Å². The van der Waals surface area contributed by atoms with Gasteiger partial charge in [0.05, 0.1) is 11.6 Å². The van der Waals surface area contributed by atoms with Crippen molar-refractivity contribution in [3.8, 4) is 5.75 Å². The second kappa shape index (κ2) is 11.1. The lowest BCUT2D eigenvalue weighted by atomic mass is 9.90. The largest absolute Gasteiger partial charge is 0.490 e. The fraction of sp³-hybridized carbons (Fsp3) is 0.448. The third-order valence-corrected chi connectivity index (χ3v) is 8.45. The molecule has 3 heterocycles. The highest BCUT2D eigenvalue weighted by molar-refractivity contribution is 7.19. The quantitative estimate of drug-likeness (QED) is 0.305. The van der Waals surface area contributed by atoms with Crippen LogP contribution in [0.5, 0.6) is 5.75 Å². The van der Waals surface area contributed by atoms with Crippen molar-refractivity contribution in [2.45, 2.75) is 37.7 Å². The standard InChI is InChI=1S/C29H36N2O3S/c1-30(2)15-6-8-24-23-7-3-4-11-28(23)35-29(24)21-12-16-31(17-13-21)19-22(32)20-34-27-10-5-9-26-25(27)14-18-33-26/h3-5,7,9-11,14,18,21-22,32H,6,8,12-13,15-17,19-20H2,1-2H3/t22-/m0/s1. The monoisotopic (exact) mass is 492 g/mol. The highest BCUT2D eigenvalue weighted by Gasteiger charge is 2.26. The van der Waals surface area contributed by atoms with Crippen molar-refractivity contribution < 1.29 is 14.3 Å². The molecule has 2 aromatic heterocycles. The molecule has 4 aromatic rings. The molecule has 0 unspecified atom stereocenters. The molecule has 0 aliphatic carbocycles. The molecule has 5 rings (SSSR count). The maximum Gasteiger partial charge on any atom is 0.137 e. The maximum absolute atomic E-state index is 10.7. The SMILES string of the molecule is CN(C)CCCc1c(C2CCN(C[C@H](O)COc3cccc4occc34)CC2)sc2ccccc12. The van der Waals surface area contributed by atoms with Crippen LogP contribution in [0.25, 0.3) is 21.1 Å². The first-order chi connectivity index (χ1) is 17.1. The van der Waals surface area contributed by atoms with E-state index in [2.05, 4.69) is 48.2 Å². The zero-order chi connectivity index (χ0) is 24.2. The van der Waals surface area contributed by atoms with Gasteiger partial charge in [-0.05, 0) is 101 Å². The van der Waals surface area contributed by atoms with Gasteiger partial charge in [0, 0.05) is 16.1 Å². The van der Waals surface area contributed by atoms with Crippen molar-refractivity contribution in [2.75, 3.05) is 46.9 Å². The normalized spacial score (nSPS) is 16.5. The number of rotatable bonds is 10. The van der Waals surface area contributed by atoms with Crippen molar-refractivity contribution in [1.82, 2.24) is 9.80 Å². The van der Waals surface area contributed by atoms with Crippen molar-refractivity contribution in [3.63, 3.8) is 0 Å². The van der Waals surface area contributed by atoms with E-state index in [9.17, 15) is 5.11 Å². The third-order valence-electron chi connectivity index (χ3n) is 7.08. The smallest absolute Gasteiger partial charge is 0.137 e. The summed E-state index contributed by atoms with van der Waals surface area (Å²) in [6, 6.07) is 16.6. The Morgan fingerprint density at radius 3 is 2.74 bits per heavy atom. The molecule has 0 radical (unpaired) electrons. The molecule has 1 saturated heterocycles. The molecule has 1 fully saturated rings. The number of nitrogens with zero attached hydrogens (tertiary/aromatic N) is 2. The van der Waals surface area contributed by atoms with Crippen molar-refractivity contribution >= 4 is 32.4 Å². The van der Waals surface area contributed by atoms with E-state index in [1.165, 1.54) is 16.5 Å². The van der Waals surface area contributed by atoms with Crippen LogP contribution in [0.3, 0.4) is 0 Å². The van der Waals surface area contributed by atoms with Crippen LogP contribution in [0.1, 0.15) is 35.6 Å². The average molecular weight is 493 g/mol. The zero-order valence-corrected chi connectivity index (χ0v) is 21.6. The summed E-state index contributed by atoms with van der Waals surface area (Å²) in [7, 11) is 4.30. The Morgan fingerprint density at radius 1 is 1.09 bits per heavy atom. The third kappa shape index (κ3) is 5.72. The van der Waals surface area contributed by atoms with Crippen LogP contribution in [-0.4, -0.2) is 67.9 Å². The van der Waals surface area contributed by atoms with Crippen LogP contribution in [-0.2, 0) is 6.42 Å². The minimum absolute atomic E-state index is 0.288. The molecule has 0 bridgehead atoms. The molecule has 186 valence electrons. The lowest BCUT2D eigenvalue weighted by Gasteiger charge is -2.33. The highest BCUT2D eigenvalue weighted by Crippen LogP contribution is 2.41. The van der Waals surface area contributed by atoms with E-state index in [-0.39, 0.29) is 6.61 Å². The molecule has 1 atom stereocenters. The Balaban J connectivity index is 1.17. The van der Waals surface area contributed by atoms with Crippen LogP contribution in [0.4, 0.5) is 0 Å². The predicted octanol–water partition coefficient (Wildman–Crippen LogP) is 5.76. The van der Waals surface area contributed by atoms with Gasteiger partial charge in [0.1, 0.15) is 24.0 Å². The molecular weight excluding hydrogens is 456 g/mol. The molecule has 1 aliphatic rings. The van der Waals surface area contributed by atoms with Gasteiger partial charge in [-0.2, -0.15) is 0 Å². The summed E-state index contributed by atoms with van der Waals surface area (Å²) in [5.74, 6) is 1.38. The second-order valence-electron chi connectivity index (χ2n) is 9.98. The van der Waals surface area contributed by atoms with Gasteiger partial charge in [-0.3, -0.25) is 0 Å². The first-order valence-electron chi connectivity index (χ1n) is 12.7. The maximum atomic E-state index is 10.7. The van der Waals surface area contributed by atoms with Crippen molar-refractivity contribution in [1.29, 1.82) is 0 Å². The van der Waals surface area contributed by atoms with E-state index in [4.69, 9.17) is 9.15 Å². The van der Waals surface area contributed by atoms with Gasteiger partial charge in [0.15, 0.2) is 0 Å². The Hall–Kier alpha value is -2.38. The number of aliphatic hydroxyl groups is 1. The molecule has 0 amide bonds. The van der Waals surface area contributed by atoms with Crippen LogP contribution in [0.2, 0.25) is 0 Å². The number of piperidine rings is 1. The summed E-state index contributed by atoms with van der Waals surface area (Å²) in [5.41, 5.74) is 2.38. The number of ether oxygens (including phenoxy) is 1. The van der Waals surface area contributed by atoms with E-state index in [1.807, 2.05) is 35.6 Å². The topological polar surface area (TPSA) is 49.1 Å². The van der Waals surface area contributed by atoms with Gasteiger partial charge in [0.2, 0.25) is 0 Å². The number of benzene rings is 2. The fourth-order valence-corrected chi connectivity index (χ4v) is 6.71. The van der Waals surface area contributed by atoms with E-state index in [0.717, 1.165) is 55.6 Å². The van der Waals surface area contributed by atoms with Crippen LogP contribution in [0, 0.1) is 0 Å². The number of fused-ring (bicyclic) bond motifs is 2. The highest BCUT2D eigenvalue weighted by atomic mass is 32.1. The van der Waals surface area contributed by atoms with Crippen molar-refractivity contribution in [2.24, 2.45) is 0 Å². The lowest BCUT2D eigenvalue weighted by Crippen LogP contribution is -2.40.